The van der Waals surface area contributed by atoms with Gasteiger partial charge in [-0.15, -0.1) is 12.3 Å². The first-order valence-corrected chi connectivity index (χ1v) is 8.91. The second kappa shape index (κ2) is 6.75. The molecule has 0 aliphatic rings. The number of terminal acetylenes is 1. The van der Waals surface area contributed by atoms with Gasteiger partial charge in [-0.25, -0.2) is 4.57 Å². The number of rotatable bonds is 4. The molecule has 2 aromatic carbocycles. The van der Waals surface area contributed by atoms with Crippen LogP contribution in [-0.4, -0.2) is 9.67 Å². The van der Waals surface area contributed by atoms with Gasteiger partial charge < -0.3 is 9.67 Å². The van der Waals surface area contributed by atoms with E-state index < -0.39 is 5.60 Å². The monoisotopic (exact) mass is 353 g/mol. The number of benzene rings is 2. The fourth-order valence-electron chi connectivity index (χ4n) is 3.58. The van der Waals surface area contributed by atoms with Gasteiger partial charge in [0.15, 0.2) is 12.4 Å². The molecule has 27 heavy (non-hydrogen) atoms. The maximum absolute atomic E-state index is 11.8. The van der Waals surface area contributed by atoms with Crippen LogP contribution in [0.3, 0.4) is 0 Å². The van der Waals surface area contributed by atoms with Crippen molar-refractivity contribution >= 4 is 10.9 Å². The Kier molecular flexibility index (Phi) is 4.27. The molecule has 4 rings (SSSR count). The lowest BCUT2D eigenvalue weighted by Crippen LogP contribution is -2.32. The first kappa shape index (κ1) is 17.1. The molecular formula is C24H21N2O+. The van der Waals surface area contributed by atoms with Crippen molar-refractivity contribution in [3.63, 3.8) is 0 Å². The van der Waals surface area contributed by atoms with Crippen LogP contribution in [0.4, 0.5) is 0 Å². The average Bonchev–Trinajstić information content (AvgIpc) is 3.09. The quantitative estimate of drug-likeness (QED) is 0.440. The molecule has 0 amide bonds. The number of aliphatic hydroxyl groups is 1. The second-order valence-electron chi connectivity index (χ2n) is 6.75. The molecule has 0 aliphatic heterocycles. The molecule has 2 heterocycles. The predicted molar refractivity (Wildman–Crippen MR) is 107 cm³/mol. The number of hydrogen-bond donors (Lipinski definition) is 1. The van der Waals surface area contributed by atoms with Crippen LogP contribution in [-0.2, 0) is 12.6 Å². The maximum Gasteiger partial charge on any atom is 0.168 e. The topological polar surface area (TPSA) is 29.0 Å². The number of aromatic nitrogens is 2. The fourth-order valence-corrected chi connectivity index (χ4v) is 3.58. The van der Waals surface area contributed by atoms with Crippen molar-refractivity contribution in [3.8, 4) is 18.0 Å². The molecule has 1 atom stereocenters. The molecule has 0 bridgehead atoms. The Morgan fingerprint density at radius 3 is 2.37 bits per heavy atom. The van der Waals surface area contributed by atoms with Crippen molar-refractivity contribution in [3.05, 3.63) is 96.4 Å². The Morgan fingerprint density at radius 2 is 1.67 bits per heavy atom. The number of nitrogens with zero attached hydrogens (tertiary/aromatic N) is 2. The van der Waals surface area contributed by atoms with Gasteiger partial charge in [0.25, 0.3) is 0 Å². The zero-order chi connectivity index (χ0) is 18.9. The van der Waals surface area contributed by atoms with Gasteiger partial charge in [-0.05, 0) is 24.3 Å². The van der Waals surface area contributed by atoms with Gasteiger partial charge in [0.05, 0.1) is 11.2 Å². The molecular weight excluding hydrogens is 332 g/mol. The Bertz CT molecular complexity index is 1120. The highest BCUT2D eigenvalue weighted by molar-refractivity contribution is 5.84. The maximum atomic E-state index is 11.8. The lowest BCUT2D eigenvalue weighted by atomic mass is 9.87. The summed E-state index contributed by atoms with van der Waals surface area (Å²) in [5.41, 5.74) is 2.28. The van der Waals surface area contributed by atoms with Crippen LogP contribution in [0.2, 0.25) is 0 Å². The van der Waals surface area contributed by atoms with Gasteiger partial charge in [-0.2, -0.15) is 0 Å². The minimum atomic E-state index is -1.29. The van der Waals surface area contributed by atoms with Crippen molar-refractivity contribution < 1.29 is 9.67 Å². The summed E-state index contributed by atoms with van der Waals surface area (Å²) in [7, 11) is 1.95. The molecule has 1 unspecified atom stereocenters. The zero-order valence-corrected chi connectivity index (χ0v) is 15.2. The molecule has 3 heteroatoms. The third kappa shape index (κ3) is 2.91. The van der Waals surface area contributed by atoms with E-state index in [0.29, 0.717) is 0 Å². The molecule has 1 N–H and O–H groups in total. The van der Waals surface area contributed by atoms with Crippen molar-refractivity contribution in [2.45, 2.75) is 12.0 Å². The Labute approximate surface area is 159 Å². The van der Waals surface area contributed by atoms with Crippen molar-refractivity contribution in [2.75, 3.05) is 0 Å². The van der Waals surface area contributed by atoms with E-state index in [4.69, 9.17) is 6.42 Å². The SMILES string of the molecule is C#CCC(O)(c1cc[n+](C)cc1)c1cc2ccccc2n1-c1ccccc1. The lowest BCUT2D eigenvalue weighted by Gasteiger charge is -2.28. The molecule has 0 radical (unpaired) electrons. The molecule has 4 aromatic rings. The standard InChI is InChI=1S/C24H21N2O/c1-3-15-24(27,20-13-16-25(2)17-14-20)23-18-19-9-7-8-12-22(19)26(23)21-10-5-4-6-11-21/h1,4-14,16-18,27H,15H2,2H3/q+1. The van der Waals surface area contributed by atoms with Gasteiger partial charge in [0.2, 0.25) is 0 Å². The highest BCUT2D eigenvalue weighted by atomic mass is 16.3. The van der Waals surface area contributed by atoms with E-state index in [1.807, 2.05) is 84.7 Å². The first-order valence-electron chi connectivity index (χ1n) is 8.91. The number of para-hydroxylation sites is 2. The Morgan fingerprint density at radius 1 is 1.00 bits per heavy atom. The van der Waals surface area contributed by atoms with Gasteiger partial charge >= 0.3 is 0 Å². The van der Waals surface area contributed by atoms with Crippen LogP contribution in [0.25, 0.3) is 16.6 Å². The smallest absolute Gasteiger partial charge is 0.168 e. The van der Waals surface area contributed by atoms with Crippen LogP contribution < -0.4 is 4.57 Å². The molecule has 3 nitrogen and oxygen atoms in total. The fraction of sp³-hybridized carbons (Fsp3) is 0.125. The van der Waals surface area contributed by atoms with Crippen molar-refractivity contribution in [1.29, 1.82) is 0 Å². The zero-order valence-electron chi connectivity index (χ0n) is 15.2. The first-order chi connectivity index (χ1) is 13.1. The summed E-state index contributed by atoms with van der Waals surface area (Å²) in [6.45, 7) is 0. The summed E-state index contributed by atoms with van der Waals surface area (Å²) in [6.07, 6.45) is 9.71. The Balaban J connectivity index is 2.04. The number of pyridine rings is 1. The van der Waals surface area contributed by atoms with E-state index in [1.54, 1.807) is 0 Å². The van der Waals surface area contributed by atoms with Gasteiger partial charge in [-0.1, -0.05) is 36.4 Å². The van der Waals surface area contributed by atoms with Crippen molar-refractivity contribution in [2.24, 2.45) is 7.05 Å². The minimum Gasteiger partial charge on any atom is -0.378 e. The van der Waals surface area contributed by atoms with Gasteiger partial charge in [0.1, 0.15) is 12.6 Å². The summed E-state index contributed by atoms with van der Waals surface area (Å²) < 4.78 is 4.03. The van der Waals surface area contributed by atoms with E-state index in [9.17, 15) is 5.11 Å². The summed E-state index contributed by atoms with van der Waals surface area (Å²) in [5, 5.41) is 12.9. The van der Waals surface area contributed by atoms with Crippen LogP contribution in [0.1, 0.15) is 17.7 Å². The van der Waals surface area contributed by atoms with Crippen LogP contribution in [0.5, 0.6) is 0 Å². The Hall–Kier alpha value is -3.35. The van der Waals surface area contributed by atoms with E-state index >= 15 is 0 Å². The van der Waals surface area contributed by atoms with Crippen LogP contribution in [0.15, 0.2) is 85.2 Å². The van der Waals surface area contributed by atoms with E-state index in [-0.39, 0.29) is 6.42 Å². The second-order valence-corrected chi connectivity index (χ2v) is 6.75. The van der Waals surface area contributed by atoms with Gasteiger partial charge in [0, 0.05) is 35.2 Å². The molecule has 0 aliphatic carbocycles. The minimum absolute atomic E-state index is 0.184. The van der Waals surface area contributed by atoms with Crippen molar-refractivity contribution in [1.82, 2.24) is 4.57 Å². The number of fused-ring (bicyclic) bond motifs is 1. The normalized spacial score (nSPS) is 13.2. The molecule has 0 spiro atoms. The van der Waals surface area contributed by atoms with Crippen LogP contribution >= 0.6 is 0 Å². The summed E-state index contributed by atoms with van der Waals surface area (Å²) >= 11 is 0. The summed E-state index contributed by atoms with van der Waals surface area (Å²) in [4.78, 5) is 0. The summed E-state index contributed by atoms with van der Waals surface area (Å²) in [6, 6.07) is 24.1. The third-order valence-electron chi connectivity index (χ3n) is 4.96. The highest BCUT2D eigenvalue weighted by Gasteiger charge is 2.35. The lowest BCUT2D eigenvalue weighted by molar-refractivity contribution is -0.671. The number of aryl methyl sites for hydroxylation is 1. The molecule has 0 saturated carbocycles. The predicted octanol–water partition coefficient (Wildman–Crippen LogP) is 3.71. The van der Waals surface area contributed by atoms with Gasteiger partial charge in [-0.3, -0.25) is 0 Å². The average molecular weight is 353 g/mol. The third-order valence-corrected chi connectivity index (χ3v) is 4.96. The van der Waals surface area contributed by atoms with E-state index in [1.165, 1.54) is 0 Å². The van der Waals surface area contributed by atoms with E-state index in [0.717, 1.165) is 27.8 Å². The molecule has 0 saturated heterocycles. The molecule has 132 valence electrons. The number of hydrogen-bond acceptors (Lipinski definition) is 1. The highest BCUT2D eigenvalue weighted by Crippen LogP contribution is 2.37. The molecule has 2 aromatic heterocycles. The summed E-state index contributed by atoms with van der Waals surface area (Å²) in [5.74, 6) is 2.67. The van der Waals surface area contributed by atoms with E-state index in [2.05, 4.69) is 22.6 Å². The molecule has 0 fully saturated rings. The largest absolute Gasteiger partial charge is 0.378 e. The van der Waals surface area contributed by atoms with Crippen LogP contribution in [0, 0.1) is 12.3 Å².